The molecule has 13 aromatic rings. The van der Waals surface area contributed by atoms with Crippen molar-refractivity contribution >= 4 is 196 Å². The molecule has 32 heteroatoms. The maximum absolute atomic E-state index is 13.2. The van der Waals surface area contributed by atoms with E-state index in [-0.39, 0.29) is 93.4 Å². The third-order valence-corrected chi connectivity index (χ3v) is 17.5. The van der Waals surface area contributed by atoms with E-state index in [0.717, 1.165) is 0 Å². The molecule has 0 saturated heterocycles. The van der Waals surface area contributed by atoms with Gasteiger partial charge in [-0.05, 0) is 113 Å². The van der Waals surface area contributed by atoms with Gasteiger partial charge >= 0.3 is 11.9 Å². The van der Waals surface area contributed by atoms with E-state index in [1.54, 1.807) is 172 Å². The zero-order valence-electron chi connectivity index (χ0n) is 51.1. The van der Waals surface area contributed by atoms with E-state index in [1.807, 2.05) is 0 Å². The Labute approximate surface area is 629 Å². The molecule has 7 aromatic heterocycles. The molecule has 0 bridgehead atoms. The highest BCUT2D eigenvalue weighted by atomic mass is 79.9. The molecular formula is C69H40BrCl10N11O10. The summed E-state index contributed by atoms with van der Waals surface area (Å²) in [6.45, 7) is 0. The number of fused-ring (bicyclic) bond motifs is 3. The van der Waals surface area contributed by atoms with E-state index in [4.69, 9.17) is 126 Å². The van der Waals surface area contributed by atoms with Gasteiger partial charge in [0, 0.05) is 68.0 Å². The lowest BCUT2D eigenvalue weighted by atomic mass is 10.0. The fourth-order valence-corrected chi connectivity index (χ4v) is 12.5. The Hall–Kier alpha value is -9.40. The Kier molecular flexibility index (Phi) is 26.1. The summed E-state index contributed by atoms with van der Waals surface area (Å²) in [4.78, 5) is 129. The first kappa shape index (κ1) is 75.8. The highest BCUT2D eigenvalue weighted by Gasteiger charge is 2.28. The Balaban J connectivity index is 0.000000150. The first-order valence-electron chi connectivity index (χ1n) is 28.7. The normalized spacial score (nSPS) is 10.6. The molecule has 0 fully saturated rings. The van der Waals surface area contributed by atoms with Crippen LogP contribution in [0.4, 0.5) is 0 Å². The number of carboxylic acid groups (broad SMARTS) is 1. The Morgan fingerprint density at radius 3 is 1.27 bits per heavy atom. The van der Waals surface area contributed by atoms with Gasteiger partial charge in [-0.1, -0.05) is 158 Å². The van der Waals surface area contributed by atoms with Gasteiger partial charge in [-0.15, -0.1) is 0 Å². The van der Waals surface area contributed by atoms with E-state index in [1.165, 1.54) is 43.6 Å². The van der Waals surface area contributed by atoms with Crippen molar-refractivity contribution < 1.29 is 48.2 Å². The number of aryl methyl sites for hydroxylation is 1. The van der Waals surface area contributed by atoms with Crippen LogP contribution >= 0.6 is 132 Å². The molecule has 0 amide bonds. The zero-order valence-corrected chi connectivity index (χ0v) is 60.2. The van der Waals surface area contributed by atoms with Gasteiger partial charge in [-0.2, -0.15) is 0 Å². The maximum Gasteiger partial charge on any atom is 0.377 e. The predicted octanol–water partition coefficient (Wildman–Crippen LogP) is 17.4. The minimum absolute atomic E-state index is 0.0183. The first-order valence-corrected chi connectivity index (χ1v) is 33.2. The van der Waals surface area contributed by atoms with Gasteiger partial charge in [0.15, 0.2) is 39.0 Å². The van der Waals surface area contributed by atoms with Gasteiger partial charge < -0.3 is 9.84 Å². The van der Waals surface area contributed by atoms with Crippen molar-refractivity contribution in [3.63, 3.8) is 0 Å². The second-order valence-electron chi connectivity index (χ2n) is 20.2. The summed E-state index contributed by atoms with van der Waals surface area (Å²) in [5.41, 5.74) is 3.78. The molecule has 0 aliphatic rings. The summed E-state index contributed by atoms with van der Waals surface area (Å²) in [5, 5.41) is 10.5. The number of carbonyl (C=O) groups excluding carboxylic acids is 7. The number of rotatable bonds is 15. The molecule has 0 spiro atoms. The predicted molar refractivity (Wildman–Crippen MR) is 388 cm³/mol. The Morgan fingerprint density at radius 2 is 0.812 bits per heavy atom. The summed E-state index contributed by atoms with van der Waals surface area (Å²) < 4.78 is 9.99. The first-order chi connectivity index (χ1) is 48.4. The number of benzene rings is 6. The van der Waals surface area contributed by atoms with E-state index in [2.05, 4.69) is 55.8 Å². The van der Waals surface area contributed by atoms with Crippen molar-refractivity contribution in [3.05, 3.63) is 307 Å². The summed E-state index contributed by atoms with van der Waals surface area (Å²) in [7, 11) is 1.32. The molecule has 1 N–H and O–H groups in total. The molecule has 21 nitrogen and oxygen atoms in total. The standard InChI is InChI=1S/C21H13Cl2N3O3.C14H10Cl2N2O2.C13H6BrCl2N3O.C13H7Cl2N3O.C8H4Cl2O3/c1-29-21(28)13-8-6-12(7-9-13)17-19-24-10-3-11-26(19)20(25-17)18(27)16-14(22)4-2-5-15(16)23;15-9-3-1-4-10(16)13(9)14(20)11(19)5-6-12-17-7-2-8-18-12;14-11-13-17-5-2-6-19(13)12(18-11)10(20)9-7(15)3-1-4-8(9)16;14-8-3-1-4-9(15)11(8)12(19)13-17-7-10-16-5-2-6-18(10)13;9-4-2-1-3-5(10)6(4)7(11)8(12)13/h2-11H,1H3;1-4,7-8H,5-6H2;1-6H;1-7H;1-3H,(H,12,13). The number of carboxylic acids is 1. The number of Topliss-reactive ketones (excluding diaryl/α,β-unsaturated/α-hetero) is 3. The minimum atomic E-state index is -1.57. The highest BCUT2D eigenvalue weighted by Crippen LogP contribution is 2.33. The molecule has 13 rings (SSSR count). The van der Waals surface area contributed by atoms with Crippen LogP contribution in [0.2, 0.25) is 50.2 Å². The Morgan fingerprint density at radius 1 is 0.426 bits per heavy atom. The minimum Gasteiger partial charge on any atom is -0.475 e. The molecular weight excluding hydrogens is 1580 g/mol. The van der Waals surface area contributed by atoms with Gasteiger partial charge in [0.25, 0.3) is 5.78 Å². The fraction of sp³-hybridized carbons (Fsp3) is 0.0435. The molecule has 0 radical (unpaired) electrons. The molecule has 0 atom stereocenters. The SMILES string of the molecule is COC(=O)c1ccc(-c2nc(C(=O)c3c(Cl)cccc3Cl)n3cccnc23)cc1.O=C(CCc1ncccn1)C(=O)c1c(Cl)cccc1Cl.O=C(O)C(=O)c1c(Cl)cccc1Cl.O=C(c1c(Cl)cccc1Cl)c1nc(Br)c2ncccn12.O=C(c1c(Cl)cccc1Cl)c1ncc2ncccn12. The number of aliphatic carboxylic acids is 1. The second-order valence-corrected chi connectivity index (χ2v) is 25.0. The quantitative estimate of drug-likeness (QED) is 0.0567. The van der Waals surface area contributed by atoms with Crippen LogP contribution in [0.5, 0.6) is 0 Å². The number of imidazole rings is 3. The number of hydrogen-bond donors (Lipinski definition) is 1. The second kappa shape index (κ2) is 34.8. The molecule has 508 valence electrons. The van der Waals surface area contributed by atoms with Gasteiger partial charge in [0.1, 0.15) is 11.5 Å². The van der Waals surface area contributed by atoms with E-state index >= 15 is 0 Å². The number of esters is 1. The summed E-state index contributed by atoms with van der Waals surface area (Å²) >= 11 is 62.9. The van der Waals surface area contributed by atoms with Crippen molar-refractivity contribution in [2.24, 2.45) is 0 Å². The number of aromatic nitrogens is 11. The molecule has 0 unspecified atom stereocenters. The van der Waals surface area contributed by atoms with Gasteiger partial charge in [0.2, 0.25) is 28.9 Å². The summed E-state index contributed by atoms with van der Waals surface area (Å²) in [6, 6.07) is 37.2. The van der Waals surface area contributed by atoms with E-state index in [0.29, 0.717) is 70.7 Å². The third-order valence-electron chi connectivity index (χ3n) is 13.9. The number of nitrogens with zero attached hydrogens (tertiary/aromatic N) is 11. The van der Waals surface area contributed by atoms with Crippen molar-refractivity contribution in [3.8, 4) is 11.3 Å². The largest absolute Gasteiger partial charge is 0.475 e. The van der Waals surface area contributed by atoms with Crippen molar-refractivity contribution in [1.29, 1.82) is 0 Å². The molecule has 6 aromatic carbocycles. The molecule has 0 aliphatic carbocycles. The van der Waals surface area contributed by atoms with Crippen LogP contribution in [0, 0.1) is 0 Å². The van der Waals surface area contributed by atoms with Crippen LogP contribution in [0.15, 0.2) is 200 Å². The van der Waals surface area contributed by atoms with Crippen molar-refractivity contribution in [2.75, 3.05) is 7.11 Å². The number of methoxy groups -OCH3 is 1. The monoisotopic (exact) mass is 1610 g/mol. The smallest absolute Gasteiger partial charge is 0.377 e. The van der Waals surface area contributed by atoms with Crippen LogP contribution in [-0.4, -0.2) is 112 Å². The number of ether oxygens (including phenoxy) is 1. The van der Waals surface area contributed by atoms with Gasteiger partial charge in [0.05, 0.1) is 96.9 Å². The van der Waals surface area contributed by atoms with Crippen molar-refractivity contribution in [2.45, 2.75) is 12.8 Å². The fourth-order valence-electron chi connectivity index (χ4n) is 9.17. The Bertz CT molecular complexity index is 5270. The van der Waals surface area contributed by atoms with E-state index < -0.39 is 35.1 Å². The highest BCUT2D eigenvalue weighted by molar-refractivity contribution is 9.10. The lowest BCUT2D eigenvalue weighted by molar-refractivity contribution is -0.131. The average Bonchev–Trinajstić information content (AvgIpc) is 1.64. The van der Waals surface area contributed by atoms with Crippen LogP contribution < -0.4 is 0 Å². The number of carbonyl (C=O) groups is 8. The van der Waals surface area contributed by atoms with Crippen LogP contribution in [0.1, 0.15) is 91.9 Å². The molecule has 7 heterocycles. The zero-order chi connectivity index (χ0) is 72.8. The van der Waals surface area contributed by atoms with Crippen LogP contribution in [0.25, 0.3) is 28.2 Å². The maximum atomic E-state index is 13.2. The third kappa shape index (κ3) is 17.9. The number of ketones is 6. The average molecular weight is 1620 g/mol. The molecule has 0 saturated carbocycles. The lowest BCUT2D eigenvalue weighted by Gasteiger charge is -2.05. The van der Waals surface area contributed by atoms with Gasteiger partial charge in [-0.3, -0.25) is 42.0 Å². The molecule has 0 aliphatic heterocycles. The number of halogens is 11. The summed E-state index contributed by atoms with van der Waals surface area (Å²) in [6.07, 6.45) is 15.0. The van der Waals surface area contributed by atoms with Crippen LogP contribution in [0.3, 0.4) is 0 Å². The van der Waals surface area contributed by atoms with Crippen LogP contribution in [-0.2, 0) is 20.7 Å². The topological polar surface area (TPSA) is 282 Å². The summed E-state index contributed by atoms with van der Waals surface area (Å²) in [5.74, 6) is -4.37. The van der Waals surface area contributed by atoms with E-state index in [9.17, 15) is 38.4 Å². The van der Waals surface area contributed by atoms with Gasteiger partial charge in [-0.25, -0.2) is 49.5 Å². The molecule has 101 heavy (non-hydrogen) atoms. The van der Waals surface area contributed by atoms with Crippen molar-refractivity contribution in [1.82, 2.24) is 53.1 Å². The lowest BCUT2D eigenvalue weighted by Crippen LogP contribution is -2.16. The number of hydrogen-bond acceptors (Lipinski definition) is 17.